The fraction of sp³-hybridized carbons (Fsp3) is 0.267. The number of hydrogen-bond acceptors (Lipinski definition) is 4. The first-order chi connectivity index (χ1) is 17.5. The summed E-state index contributed by atoms with van der Waals surface area (Å²) in [4.78, 5) is 17.3. The third-order valence-electron chi connectivity index (χ3n) is 7.32. The summed E-state index contributed by atoms with van der Waals surface area (Å²) in [5.41, 5.74) is 2.58. The largest absolute Gasteiger partial charge is 0.354 e. The lowest BCUT2D eigenvalue weighted by Crippen LogP contribution is -2.43. The Kier molecular flexibility index (Phi) is 7.30. The molecule has 0 saturated carbocycles. The zero-order valence-electron chi connectivity index (χ0n) is 20.2. The molecule has 1 aliphatic heterocycles. The van der Waals surface area contributed by atoms with E-state index in [0.717, 1.165) is 13.0 Å². The minimum Gasteiger partial charge on any atom is -0.354 e. The molecule has 3 atom stereocenters. The lowest BCUT2D eigenvalue weighted by molar-refractivity contribution is 0.112. The fourth-order valence-electron chi connectivity index (χ4n) is 5.36. The molecule has 1 N–H and O–H groups in total. The SMILES string of the molecule is C[C@@H](NCC1CCN(c2nc(Cl)c(C=O)cc2F)CC1c1ccccc1)c1cccc2ccccc12. The van der Waals surface area contributed by atoms with Gasteiger partial charge in [-0.3, -0.25) is 4.79 Å². The second-order valence-corrected chi connectivity index (χ2v) is 9.86. The molecule has 6 heteroatoms. The Balaban J connectivity index is 1.36. The predicted molar refractivity (Wildman–Crippen MR) is 144 cm³/mol. The maximum Gasteiger partial charge on any atom is 0.166 e. The van der Waals surface area contributed by atoms with Crippen LogP contribution in [-0.2, 0) is 0 Å². The normalized spacial score (nSPS) is 18.8. The molecule has 0 radical (unpaired) electrons. The molecule has 5 rings (SSSR count). The summed E-state index contributed by atoms with van der Waals surface area (Å²) in [6, 6.07) is 26.7. The molecule has 0 spiro atoms. The maximum atomic E-state index is 14.9. The van der Waals surface area contributed by atoms with E-state index < -0.39 is 5.82 Å². The van der Waals surface area contributed by atoms with Crippen molar-refractivity contribution >= 4 is 34.5 Å². The summed E-state index contributed by atoms with van der Waals surface area (Å²) in [5.74, 6) is 0.253. The Morgan fingerprint density at radius 3 is 2.67 bits per heavy atom. The monoisotopic (exact) mass is 501 g/mol. The molecule has 4 aromatic rings. The molecular weight excluding hydrogens is 473 g/mol. The molecule has 184 valence electrons. The number of benzene rings is 3. The third-order valence-corrected chi connectivity index (χ3v) is 7.63. The lowest BCUT2D eigenvalue weighted by atomic mass is 9.80. The molecule has 2 unspecified atom stereocenters. The quantitative estimate of drug-likeness (QED) is 0.223. The van der Waals surface area contributed by atoms with Crippen molar-refractivity contribution < 1.29 is 9.18 Å². The van der Waals surface area contributed by atoms with Crippen LogP contribution in [0.4, 0.5) is 10.2 Å². The molecule has 0 aliphatic carbocycles. The number of nitrogens with one attached hydrogen (secondary N) is 1. The minimum absolute atomic E-state index is 0.0327. The van der Waals surface area contributed by atoms with Crippen LogP contribution in [0.3, 0.4) is 0 Å². The van der Waals surface area contributed by atoms with Crippen LogP contribution in [-0.4, -0.2) is 30.9 Å². The van der Waals surface area contributed by atoms with Gasteiger partial charge >= 0.3 is 0 Å². The van der Waals surface area contributed by atoms with Crippen molar-refractivity contribution in [1.29, 1.82) is 0 Å². The number of halogens is 2. The third kappa shape index (κ3) is 4.99. The number of aldehydes is 1. The van der Waals surface area contributed by atoms with Gasteiger partial charge in [-0.15, -0.1) is 0 Å². The minimum atomic E-state index is -0.519. The second kappa shape index (κ2) is 10.8. The number of carbonyl (C=O) groups is 1. The van der Waals surface area contributed by atoms with Crippen molar-refractivity contribution in [2.45, 2.75) is 25.3 Å². The first-order valence-electron chi connectivity index (χ1n) is 12.4. The second-order valence-electron chi connectivity index (χ2n) is 9.50. The summed E-state index contributed by atoms with van der Waals surface area (Å²) in [6.07, 6.45) is 1.41. The van der Waals surface area contributed by atoms with E-state index >= 15 is 0 Å². The summed E-state index contributed by atoms with van der Waals surface area (Å²) >= 11 is 6.14. The topological polar surface area (TPSA) is 45.2 Å². The molecule has 1 aliphatic rings. The Hall–Kier alpha value is -3.28. The lowest BCUT2D eigenvalue weighted by Gasteiger charge is -2.40. The summed E-state index contributed by atoms with van der Waals surface area (Å²) in [5, 5.41) is 6.33. The van der Waals surface area contributed by atoms with E-state index in [9.17, 15) is 9.18 Å². The Bertz CT molecular complexity index is 1360. The van der Waals surface area contributed by atoms with Gasteiger partial charge < -0.3 is 10.2 Å². The van der Waals surface area contributed by atoms with Crippen LogP contribution in [0.5, 0.6) is 0 Å². The van der Waals surface area contributed by atoms with Gasteiger partial charge in [-0.2, -0.15) is 0 Å². The van der Waals surface area contributed by atoms with Gasteiger partial charge in [-0.05, 0) is 53.8 Å². The average Bonchev–Trinajstić information content (AvgIpc) is 2.93. The summed E-state index contributed by atoms with van der Waals surface area (Å²) < 4.78 is 14.9. The number of aromatic nitrogens is 1. The van der Waals surface area contributed by atoms with E-state index in [2.05, 4.69) is 71.8 Å². The Labute approximate surface area is 216 Å². The van der Waals surface area contributed by atoms with E-state index in [0.29, 0.717) is 25.3 Å². The summed E-state index contributed by atoms with van der Waals surface area (Å²) in [7, 11) is 0. The van der Waals surface area contributed by atoms with E-state index in [4.69, 9.17) is 11.6 Å². The Morgan fingerprint density at radius 2 is 1.86 bits per heavy atom. The van der Waals surface area contributed by atoms with Crippen molar-refractivity contribution in [2.75, 3.05) is 24.5 Å². The van der Waals surface area contributed by atoms with Gasteiger partial charge in [-0.25, -0.2) is 9.37 Å². The van der Waals surface area contributed by atoms with Crippen LogP contribution in [0.25, 0.3) is 10.8 Å². The zero-order valence-corrected chi connectivity index (χ0v) is 21.0. The van der Waals surface area contributed by atoms with Gasteiger partial charge in [0.2, 0.25) is 0 Å². The van der Waals surface area contributed by atoms with Crippen molar-refractivity contribution in [3.8, 4) is 0 Å². The first kappa shape index (κ1) is 24.4. The predicted octanol–water partition coefficient (Wildman–Crippen LogP) is 6.80. The first-order valence-corrected chi connectivity index (χ1v) is 12.7. The molecule has 1 fully saturated rings. The molecular formula is C30H29ClFN3O. The number of fused-ring (bicyclic) bond motifs is 1. The molecule has 1 aromatic heterocycles. The molecule has 4 nitrogen and oxygen atoms in total. The number of anilines is 1. The molecule has 2 heterocycles. The van der Waals surface area contributed by atoms with Crippen LogP contribution >= 0.6 is 11.6 Å². The number of piperidine rings is 1. The highest BCUT2D eigenvalue weighted by Crippen LogP contribution is 2.36. The van der Waals surface area contributed by atoms with Gasteiger partial charge in [0.25, 0.3) is 0 Å². The Morgan fingerprint density at radius 1 is 1.11 bits per heavy atom. The van der Waals surface area contributed by atoms with Crippen LogP contribution in [0.15, 0.2) is 78.9 Å². The van der Waals surface area contributed by atoms with E-state index in [1.807, 2.05) is 23.1 Å². The van der Waals surface area contributed by atoms with Gasteiger partial charge in [-0.1, -0.05) is 84.4 Å². The van der Waals surface area contributed by atoms with E-state index in [1.165, 1.54) is 28.0 Å². The van der Waals surface area contributed by atoms with Crippen LogP contribution in [0.2, 0.25) is 5.15 Å². The zero-order chi connectivity index (χ0) is 25.1. The van der Waals surface area contributed by atoms with Crippen molar-refractivity contribution in [3.05, 3.63) is 107 Å². The molecule has 0 amide bonds. The molecule has 36 heavy (non-hydrogen) atoms. The summed E-state index contributed by atoms with van der Waals surface area (Å²) in [6.45, 7) is 4.35. The van der Waals surface area contributed by atoms with Crippen LogP contribution in [0, 0.1) is 11.7 Å². The van der Waals surface area contributed by atoms with Crippen molar-refractivity contribution in [3.63, 3.8) is 0 Å². The number of rotatable bonds is 7. The van der Waals surface area contributed by atoms with Gasteiger partial charge in [0, 0.05) is 25.0 Å². The van der Waals surface area contributed by atoms with Crippen LogP contribution < -0.4 is 10.2 Å². The number of nitrogens with zero attached hydrogens (tertiary/aromatic N) is 2. The molecule has 0 bridgehead atoms. The molecule has 3 aromatic carbocycles. The van der Waals surface area contributed by atoms with Crippen molar-refractivity contribution in [2.24, 2.45) is 5.92 Å². The number of pyridine rings is 1. The van der Waals surface area contributed by atoms with Crippen LogP contribution in [0.1, 0.15) is 46.8 Å². The molecule has 1 saturated heterocycles. The van der Waals surface area contributed by atoms with E-state index in [-0.39, 0.29) is 28.5 Å². The maximum absolute atomic E-state index is 14.9. The van der Waals surface area contributed by atoms with Gasteiger partial charge in [0.1, 0.15) is 5.15 Å². The smallest absolute Gasteiger partial charge is 0.166 e. The van der Waals surface area contributed by atoms with E-state index in [1.54, 1.807) is 0 Å². The highest BCUT2D eigenvalue weighted by atomic mass is 35.5. The highest BCUT2D eigenvalue weighted by molar-refractivity contribution is 6.31. The van der Waals surface area contributed by atoms with Crippen molar-refractivity contribution in [1.82, 2.24) is 10.3 Å². The number of carbonyl (C=O) groups excluding carboxylic acids is 1. The fourth-order valence-corrected chi connectivity index (χ4v) is 5.54. The van der Waals surface area contributed by atoms with Gasteiger partial charge in [0.15, 0.2) is 17.9 Å². The number of hydrogen-bond donors (Lipinski definition) is 1. The average molecular weight is 502 g/mol. The standard InChI is InChI=1S/C30H29ClFN3O/c1-20(25-13-7-11-21-10-5-6-12-26(21)25)33-17-23-14-15-35(18-27(23)22-8-3-2-4-9-22)30-28(32)16-24(19-36)29(31)34-30/h2-13,16,19-20,23,27,33H,14-15,17-18H2,1H3/t20-,23?,27?/m1/s1. The highest BCUT2D eigenvalue weighted by Gasteiger charge is 2.32. The van der Waals surface area contributed by atoms with Gasteiger partial charge in [0.05, 0.1) is 5.56 Å².